The van der Waals surface area contributed by atoms with Crippen molar-refractivity contribution in [1.82, 2.24) is 19.2 Å². The number of hydrogen-bond acceptors (Lipinski definition) is 5. The lowest BCUT2D eigenvalue weighted by Crippen LogP contribution is -2.51. The predicted octanol–water partition coefficient (Wildman–Crippen LogP) is 6.06. The Morgan fingerprint density at radius 2 is 1.83 bits per heavy atom. The van der Waals surface area contributed by atoms with Crippen LogP contribution in [-0.4, -0.2) is 64.0 Å². The molecule has 2 fully saturated rings. The zero-order chi connectivity index (χ0) is 25.5. The van der Waals surface area contributed by atoms with Crippen LogP contribution in [0.1, 0.15) is 58.1 Å². The number of aromatic nitrogens is 2. The van der Waals surface area contributed by atoms with Crippen molar-refractivity contribution in [3.8, 4) is 11.3 Å². The number of rotatable bonds is 9. The summed E-state index contributed by atoms with van der Waals surface area (Å²) in [5.74, 6) is 0. The summed E-state index contributed by atoms with van der Waals surface area (Å²) in [5.41, 5.74) is 4.47. The molecular formula is C29H39ClN4O2. The third-order valence-electron chi connectivity index (χ3n) is 7.63. The quantitative estimate of drug-likeness (QED) is 0.327. The van der Waals surface area contributed by atoms with E-state index in [1.807, 2.05) is 25.1 Å². The molecular weight excluding hydrogens is 472 g/mol. The molecule has 0 aliphatic carbocycles. The van der Waals surface area contributed by atoms with Crippen molar-refractivity contribution in [2.75, 3.05) is 20.1 Å². The van der Waals surface area contributed by atoms with Crippen molar-refractivity contribution in [1.29, 1.82) is 0 Å². The molecule has 1 aromatic carbocycles. The Morgan fingerprint density at radius 1 is 1.11 bits per heavy atom. The lowest BCUT2D eigenvalue weighted by molar-refractivity contribution is -0.134. The van der Waals surface area contributed by atoms with Gasteiger partial charge in [-0.1, -0.05) is 56.5 Å². The first-order valence-electron chi connectivity index (χ1n) is 13.3. The minimum absolute atomic E-state index is 0.150. The van der Waals surface area contributed by atoms with E-state index in [1.54, 1.807) is 0 Å². The molecule has 36 heavy (non-hydrogen) atoms. The summed E-state index contributed by atoms with van der Waals surface area (Å²) in [6, 6.07) is 15.6. The van der Waals surface area contributed by atoms with Gasteiger partial charge < -0.3 is 9.14 Å². The predicted molar refractivity (Wildman–Crippen MR) is 146 cm³/mol. The molecule has 2 aliphatic rings. The monoisotopic (exact) mass is 510 g/mol. The van der Waals surface area contributed by atoms with Crippen LogP contribution in [0.3, 0.4) is 0 Å². The third-order valence-corrected chi connectivity index (χ3v) is 7.88. The lowest BCUT2D eigenvalue weighted by atomic mass is 10.1. The van der Waals surface area contributed by atoms with E-state index in [9.17, 15) is 4.79 Å². The molecule has 2 aliphatic heterocycles. The van der Waals surface area contributed by atoms with E-state index in [0.717, 1.165) is 60.8 Å². The average molecular weight is 511 g/mol. The van der Waals surface area contributed by atoms with Gasteiger partial charge in [0.1, 0.15) is 11.8 Å². The van der Waals surface area contributed by atoms with E-state index >= 15 is 0 Å². The first-order chi connectivity index (χ1) is 17.5. The summed E-state index contributed by atoms with van der Waals surface area (Å²) < 4.78 is 7.05. The lowest BCUT2D eigenvalue weighted by Gasteiger charge is -2.38. The molecule has 7 heteroatoms. The number of carbonyl (C=O) groups is 1. The zero-order valence-corrected chi connectivity index (χ0v) is 22.5. The van der Waals surface area contributed by atoms with Gasteiger partial charge in [-0.3, -0.25) is 14.6 Å². The molecule has 0 saturated carbocycles. The van der Waals surface area contributed by atoms with Gasteiger partial charge in [0.05, 0.1) is 11.4 Å². The molecule has 194 valence electrons. The van der Waals surface area contributed by atoms with Crippen molar-refractivity contribution in [2.24, 2.45) is 0 Å². The number of likely N-dealkylation sites (tertiary alicyclic amines) is 1. The van der Waals surface area contributed by atoms with Crippen LogP contribution < -0.4 is 0 Å². The van der Waals surface area contributed by atoms with Gasteiger partial charge in [0.2, 0.25) is 0 Å². The molecule has 5 rings (SSSR count). The first-order valence-corrected chi connectivity index (χ1v) is 13.7. The highest BCUT2D eigenvalue weighted by Crippen LogP contribution is 2.31. The Kier molecular flexibility index (Phi) is 9.41. The summed E-state index contributed by atoms with van der Waals surface area (Å²) in [5, 5.41) is 0.759. The molecule has 2 saturated heterocycles. The fourth-order valence-corrected chi connectivity index (χ4v) is 5.58. The molecule has 2 aromatic heterocycles. The standard InChI is InChI=1S/C21H23ClN4.C8H16O2/c1-24-17-9-10-18(24)13-25(12-17)14-19-21(15-5-7-16(22)8-6-15)23-20-4-2-3-11-26(19)20;1-3-5-6-8(4-2)10-7-9/h2-8,11,17-18H,9-10,12-14H2,1H3;7-8H,3-6H2,1-2H3. The van der Waals surface area contributed by atoms with Crippen LogP contribution in [0.2, 0.25) is 5.02 Å². The number of likely N-dealkylation sites (N-methyl/N-ethyl adjacent to an activating group) is 1. The highest BCUT2D eigenvalue weighted by atomic mass is 35.5. The Bertz CT molecular complexity index is 1100. The maximum absolute atomic E-state index is 9.92. The normalized spacial score (nSPS) is 20.7. The van der Waals surface area contributed by atoms with E-state index in [2.05, 4.69) is 58.6 Å². The molecule has 6 nitrogen and oxygen atoms in total. The topological polar surface area (TPSA) is 50.1 Å². The summed E-state index contributed by atoms with van der Waals surface area (Å²) in [6.07, 6.45) is 9.18. The number of fused-ring (bicyclic) bond motifs is 3. The van der Waals surface area contributed by atoms with Crippen LogP contribution in [0.4, 0.5) is 0 Å². The van der Waals surface area contributed by atoms with Gasteiger partial charge in [0.15, 0.2) is 0 Å². The number of piperazine rings is 1. The summed E-state index contributed by atoms with van der Waals surface area (Å²) in [6.45, 7) is 7.94. The minimum atomic E-state index is 0.150. The Morgan fingerprint density at radius 3 is 2.47 bits per heavy atom. The Hall–Kier alpha value is -2.41. The molecule has 0 amide bonds. The highest BCUT2D eigenvalue weighted by Gasteiger charge is 2.37. The van der Waals surface area contributed by atoms with Crippen LogP contribution in [0.15, 0.2) is 48.7 Å². The van der Waals surface area contributed by atoms with E-state index < -0.39 is 0 Å². The number of nitrogens with zero attached hydrogens (tertiary/aromatic N) is 4. The second-order valence-corrected chi connectivity index (χ2v) is 10.4. The second-order valence-electron chi connectivity index (χ2n) is 9.99. The van der Waals surface area contributed by atoms with E-state index in [1.165, 1.54) is 25.0 Å². The van der Waals surface area contributed by atoms with Crippen LogP contribution in [0.25, 0.3) is 16.9 Å². The largest absolute Gasteiger partial charge is 0.465 e. The van der Waals surface area contributed by atoms with Gasteiger partial charge in [-0.15, -0.1) is 0 Å². The third kappa shape index (κ3) is 6.28. The second kappa shape index (κ2) is 12.7. The molecule has 4 heterocycles. The fourth-order valence-electron chi connectivity index (χ4n) is 5.46. The van der Waals surface area contributed by atoms with E-state index in [4.69, 9.17) is 21.3 Å². The van der Waals surface area contributed by atoms with Crippen LogP contribution in [0.5, 0.6) is 0 Å². The van der Waals surface area contributed by atoms with Crippen molar-refractivity contribution < 1.29 is 9.53 Å². The first kappa shape index (κ1) is 26.6. The van der Waals surface area contributed by atoms with Gasteiger partial charge in [-0.05, 0) is 57.0 Å². The van der Waals surface area contributed by atoms with Gasteiger partial charge >= 0.3 is 0 Å². The van der Waals surface area contributed by atoms with Gasteiger partial charge in [-0.25, -0.2) is 4.98 Å². The van der Waals surface area contributed by atoms with Crippen molar-refractivity contribution in [3.63, 3.8) is 0 Å². The van der Waals surface area contributed by atoms with Gasteiger partial charge in [0.25, 0.3) is 6.47 Å². The molecule has 0 N–H and O–H groups in total. The molecule has 0 radical (unpaired) electrons. The Balaban J connectivity index is 0.000000261. The minimum Gasteiger partial charge on any atom is -0.465 e. The molecule has 0 spiro atoms. The number of carbonyl (C=O) groups excluding carboxylic acids is 1. The summed E-state index contributed by atoms with van der Waals surface area (Å²) in [4.78, 5) is 20.0. The zero-order valence-electron chi connectivity index (χ0n) is 21.8. The number of ether oxygens (including phenoxy) is 1. The number of unbranched alkanes of at least 4 members (excludes halogenated alkanes) is 1. The van der Waals surface area contributed by atoms with E-state index in [0.29, 0.717) is 18.6 Å². The van der Waals surface area contributed by atoms with Crippen molar-refractivity contribution >= 4 is 23.7 Å². The average Bonchev–Trinajstić information content (AvgIpc) is 3.33. The van der Waals surface area contributed by atoms with Gasteiger partial charge in [0, 0.05) is 48.5 Å². The SMILES string of the molecule is CCCCC(CC)OC=O.CN1C2CCC1CN(Cc1c(-c3ccc(Cl)cc3)nc3ccccn13)C2. The molecule has 3 aromatic rings. The molecule has 2 bridgehead atoms. The molecule has 3 atom stereocenters. The number of imidazole rings is 1. The smallest absolute Gasteiger partial charge is 0.293 e. The van der Waals surface area contributed by atoms with Crippen molar-refractivity contribution in [3.05, 3.63) is 59.4 Å². The number of hydrogen-bond donors (Lipinski definition) is 0. The van der Waals surface area contributed by atoms with Gasteiger partial charge in [-0.2, -0.15) is 0 Å². The van der Waals surface area contributed by atoms with Crippen LogP contribution >= 0.6 is 11.6 Å². The van der Waals surface area contributed by atoms with Crippen molar-refractivity contribution in [2.45, 2.75) is 77.1 Å². The number of benzene rings is 1. The number of pyridine rings is 1. The molecule has 3 unspecified atom stereocenters. The van der Waals surface area contributed by atoms with Crippen LogP contribution in [0, 0.1) is 0 Å². The summed E-state index contributed by atoms with van der Waals surface area (Å²) >= 11 is 6.09. The maximum Gasteiger partial charge on any atom is 0.293 e. The van der Waals surface area contributed by atoms with Crippen LogP contribution in [-0.2, 0) is 16.1 Å². The summed E-state index contributed by atoms with van der Waals surface area (Å²) in [7, 11) is 2.28. The highest BCUT2D eigenvalue weighted by molar-refractivity contribution is 6.30. The fraction of sp³-hybridized carbons (Fsp3) is 0.517. The number of halogens is 1. The van der Waals surface area contributed by atoms with E-state index in [-0.39, 0.29) is 6.10 Å². The Labute approximate surface area is 220 Å². The maximum atomic E-state index is 9.92.